The van der Waals surface area contributed by atoms with Crippen LogP contribution >= 0.6 is 11.6 Å². The number of nitrogens with zero attached hydrogens (tertiary/aromatic N) is 2. The standard InChI is InChI=1S/C21H23ClN4O2/c1-14-12-20(23-11-10-15-6-4-5-7-18(15)27-2)26-21(24-14)25-17-13-16(22)8-9-19(17)28-3/h4-9,12-13H,10-11H2,1-3H3,(H2,23,24,25,26). The summed E-state index contributed by atoms with van der Waals surface area (Å²) < 4.78 is 10.8. The molecule has 3 rings (SSSR count). The molecule has 0 amide bonds. The molecule has 2 aromatic carbocycles. The zero-order chi connectivity index (χ0) is 19.9. The van der Waals surface area contributed by atoms with Crippen molar-refractivity contribution in [3.05, 3.63) is 64.8 Å². The van der Waals surface area contributed by atoms with E-state index in [0.717, 1.165) is 35.8 Å². The molecule has 0 radical (unpaired) electrons. The fraction of sp³-hybridized carbons (Fsp3) is 0.238. The predicted molar refractivity (Wildman–Crippen MR) is 113 cm³/mol. The van der Waals surface area contributed by atoms with Crippen LogP contribution in [0.25, 0.3) is 0 Å². The number of rotatable bonds is 8. The third kappa shape index (κ3) is 5.04. The Morgan fingerprint density at radius 2 is 1.75 bits per heavy atom. The van der Waals surface area contributed by atoms with Gasteiger partial charge in [0.1, 0.15) is 17.3 Å². The monoisotopic (exact) mass is 398 g/mol. The molecular weight excluding hydrogens is 376 g/mol. The maximum atomic E-state index is 6.10. The van der Waals surface area contributed by atoms with Crippen LogP contribution in [0.1, 0.15) is 11.3 Å². The third-order valence-corrected chi connectivity index (χ3v) is 4.39. The first-order valence-corrected chi connectivity index (χ1v) is 9.29. The molecule has 0 aliphatic rings. The molecule has 1 heterocycles. The van der Waals surface area contributed by atoms with Crippen LogP contribution in [0.15, 0.2) is 48.5 Å². The highest BCUT2D eigenvalue weighted by Crippen LogP contribution is 2.29. The Morgan fingerprint density at radius 1 is 0.964 bits per heavy atom. The van der Waals surface area contributed by atoms with E-state index >= 15 is 0 Å². The second-order valence-electron chi connectivity index (χ2n) is 6.18. The zero-order valence-electron chi connectivity index (χ0n) is 16.1. The number of anilines is 3. The molecule has 3 aromatic rings. The van der Waals surface area contributed by atoms with Crippen molar-refractivity contribution < 1.29 is 9.47 Å². The smallest absolute Gasteiger partial charge is 0.229 e. The molecule has 0 spiro atoms. The SMILES string of the molecule is COc1ccccc1CCNc1cc(C)nc(Nc2cc(Cl)ccc2OC)n1. The Balaban J connectivity index is 1.70. The number of ether oxygens (including phenoxy) is 2. The van der Waals surface area contributed by atoms with Crippen molar-refractivity contribution in [2.24, 2.45) is 0 Å². The van der Waals surface area contributed by atoms with Crippen LogP contribution in [-0.2, 0) is 6.42 Å². The summed E-state index contributed by atoms with van der Waals surface area (Å²) in [6, 6.07) is 15.2. The molecule has 0 aliphatic carbocycles. The summed E-state index contributed by atoms with van der Waals surface area (Å²) in [7, 11) is 3.29. The van der Waals surface area contributed by atoms with E-state index in [1.54, 1.807) is 32.4 Å². The molecular formula is C21H23ClN4O2. The van der Waals surface area contributed by atoms with Gasteiger partial charge in [0.25, 0.3) is 0 Å². The maximum absolute atomic E-state index is 6.10. The summed E-state index contributed by atoms with van der Waals surface area (Å²) in [4.78, 5) is 8.99. The number of hydrogen-bond acceptors (Lipinski definition) is 6. The number of hydrogen-bond donors (Lipinski definition) is 2. The summed E-state index contributed by atoms with van der Waals surface area (Å²) in [5, 5.41) is 7.13. The van der Waals surface area contributed by atoms with Gasteiger partial charge in [-0.15, -0.1) is 0 Å². The van der Waals surface area contributed by atoms with Crippen molar-refractivity contribution in [3.63, 3.8) is 0 Å². The number of aromatic nitrogens is 2. The molecule has 2 N–H and O–H groups in total. The van der Waals surface area contributed by atoms with Crippen LogP contribution in [0, 0.1) is 6.92 Å². The first-order valence-electron chi connectivity index (χ1n) is 8.91. The van der Waals surface area contributed by atoms with E-state index in [1.165, 1.54) is 0 Å². The highest BCUT2D eigenvalue weighted by Gasteiger charge is 2.08. The van der Waals surface area contributed by atoms with Crippen LogP contribution in [0.2, 0.25) is 5.02 Å². The predicted octanol–water partition coefficient (Wildman–Crippen LogP) is 4.85. The van der Waals surface area contributed by atoms with Crippen molar-refractivity contribution in [3.8, 4) is 11.5 Å². The zero-order valence-corrected chi connectivity index (χ0v) is 16.9. The van der Waals surface area contributed by atoms with Crippen LogP contribution in [-0.4, -0.2) is 30.7 Å². The van der Waals surface area contributed by atoms with Crippen molar-refractivity contribution >= 4 is 29.1 Å². The molecule has 6 nitrogen and oxygen atoms in total. The van der Waals surface area contributed by atoms with Gasteiger partial charge in [-0.25, -0.2) is 4.98 Å². The first kappa shape index (κ1) is 19.8. The quantitative estimate of drug-likeness (QED) is 0.565. The summed E-state index contributed by atoms with van der Waals surface area (Å²) >= 11 is 6.10. The molecule has 146 valence electrons. The molecule has 28 heavy (non-hydrogen) atoms. The summed E-state index contributed by atoms with van der Waals surface area (Å²) in [5.74, 6) is 2.77. The fourth-order valence-electron chi connectivity index (χ4n) is 2.85. The van der Waals surface area contributed by atoms with Gasteiger partial charge < -0.3 is 20.1 Å². The lowest BCUT2D eigenvalue weighted by atomic mass is 10.1. The fourth-order valence-corrected chi connectivity index (χ4v) is 3.02. The molecule has 0 unspecified atom stereocenters. The van der Waals surface area contributed by atoms with E-state index in [-0.39, 0.29) is 0 Å². The minimum absolute atomic E-state index is 0.473. The van der Waals surface area contributed by atoms with Gasteiger partial charge in [0, 0.05) is 23.3 Å². The average Bonchev–Trinajstić information content (AvgIpc) is 2.68. The summed E-state index contributed by atoms with van der Waals surface area (Å²) in [6.07, 6.45) is 0.817. The number of methoxy groups -OCH3 is 2. The number of nitrogens with one attached hydrogen (secondary N) is 2. The average molecular weight is 399 g/mol. The maximum Gasteiger partial charge on any atom is 0.229 e. The van der Waals surface area contributed by atoms with Crippen molar-refractivity contribution in [1.82, 2.24) is 9.97 Å². The molecule has 0 saturated heterocycles. The topological polar surface area (TPSA) is 68.3 Å². The molecule has 0 fully saturated rings. The largest absolute Gasteiger partial charge is 0.496 e. The molecule has 7 heteroatoms. The van der Waals surface area contributed by atoms with E-state index in [1.807, 2.05) is 31.2 Å². The van der Waals surface area contributed by atoms with Gasteiger partial charge in [0.2, 0.25) is 5.95 Å². The number of aryl methyl sites for hydroxylation is 1. The number of para-hydroxylation sites is 1. The molecule has 1 aromatic heterocycles. The lowest BCUT2D eigenvalue weighted by Crippen LogP contribution is -2.09. The second kappa shape index (κ2) is 9.28. The van der Waals surface area contributed by atoms with Gasteiger partial charge in [-0.2, -0.15) is 4.98 Å². The van der Waals surface area contributed by atoms with Crippen LogP contribution in [0.3, 0.4) is 0 Å². The lowest BCUT2D eigenvalue weighted by molar-refractivity contribution is 0.410. The number of halogens is 1. The highest BCUT2D eigenvalue weighted by molar-refractivity contribution is 6.31. The van der Waals surface area contributed by atoms with Gasteiger partial charge in [0.05, 0.1) is 19.9 Å². The minimum Gasteiger partial charge on any atom is -0.496 e. The van der Waals surface area contributed by atoms with Gasteiger partial charge in [0.15, 0.2) is 0 Å². The van der Waals surface area contributed by atoms with Gasteiger partial charge in [-0.05, 0) is 43.2 Å². The molecule has 0 aliphatic heterocycles. The Bertz CT molecular complexity index is 949. The highest BCUT2D eigenvalue weighted by atomic mass is 35.5. The number of benzene rings is 2. The molecule has 0 bridgehead atoms. The summed E-state index contributed by atoms with van der Waals surface area (Å²) in [5.41, 5.74) is 2.70. The lowest BCUT2D eigenvalue weighted by Gasteiger charge is -2.13. The minimum atomic E-state index is 0.473. The van der Waals surface area contributed by atoms with E-state index < -0.39 is 0 Å². The molecule has 0 saturated carbocycles. The van der Waals surface area contributed by atoms with Crippen molar-refractivity contribution in [2.45, 2.75) is 13.3 Å². The van der Waals surface area contributed by atoms with E-state index in [9.17, 15) is 0 Å². The van der Waals surface area contributed by atoms with Crippen LogP contribution in [0.5, 0.6) is 11.5 Å². The van der Waals surface area contributed by atoms with Crippen molar-refractivity contribution in [2.75, 3.05) is 31.4 Å². The van der Waals surface area contributed by atoms with E-state index in [4.69, 9.17) is 21.1 Å². The van der Waals surface area contributed by atoms with Gasteiger partial charge in [-0.3, -0.25) is 0 Å². The Kier molecular flexibility index (Phi) is 6.55. The van der Waals surface area contributed by atoms with Gasteiger partial charge in [-0.1, -0.05) is 29.8 Å². The van der Waals surface area contributed by atoms with Crippen LogP contribution < -0.4 is 20.1 Å². The molecule has 0 atom stereocenters. The van der Waals surface area contributed by atoms with Crippen molar-refractivity contribution in [1.29, 1.82) is 0 Å². The normalized spacial score (nSPS) is 10.4. The van der Waals surface area contributed by atoms with E-state index in [2.05, 4.69) is 26.7 Å². The van der Waals surface area contributed by atoms with Gasteiger partial charge >= 0.3 is 0 Å². The Hall–Kier alpha value is -2.99. The van der Waals surface area contributed by atoms with E-state index in [0.29, 0.717) is 22.4 Å². The summed E-state index contributed by atoms with van der Waals surface area (Å²) in [6.45, 7) is 2.64. The Morgan fingerprint density at radius 3 is 2.54 bits per heavy atom. The van der Waals surface area contributed by atoms with Crippen LogP contribution in [0.4, 0.5) is 17.5 Å². The third-order valence-electron chi connectivity index (χ3n) is 4.16. The first-order chi connectivity index (χ1) is 13.6. The second-order valence-corrected chi connectivity index (χ2v) is 6.61. The Labute approximate surface area is 169 Å².